The number of nitrogens with one attached hydrogen (secondary N) is 1. The molecule has 2 aromatic rings. The molecule has 0 saturated carbocycles. The summed E-state index contributed by atoms with van der Waals surface area (Å²) in [6.07, 6.45) is 1.45. The molecule has 1 N–H and O–H groups in total. The highest BCUT2D eigenvalue weighted by atomic mass is 16.5. The maximum atomic E-state index is 12.3. The molecule has 1 aromatic heterocycles. The van der Waals surface area contributed by atoms with Crippen molar-refractivity contribution in [2.45, 2.75) is 46.0 Å². The van der Waals surface area contributed by atoms with Crippen LogP contribution in [0.3, 0.4) is 0 Å². The van der Waals surface area contributed by atoms with E-state index < -0.39 is 0 Å². The Morgan fingerprint density at radius 1 is 1.25 bits per heavy atom. The minimum absolute atomic E-state index is 0.0796. The molecule has 1 aliphatic rings. The molecule has 0 aliphatic carbocycles. The molecule has 1 aliphatic heterocycles. The van der Waals surface area contributed by atoms with Gasteiger partial charge in [0.2, 0.25) is 11.7 Å². The van der Waals surface area contributed by atoms with Crippen molar-refractivity contribution >= 4 is 5.91 Å². The predicted octanol–water partition coefficient (Wildman–Crippen LogP) is 2.19. The van der Waals surface area contributed by atoms with Crippen LogP contribution in [-0.4, -0.2) is 59.3 Å². The van der Waals surface area contributed by atoms with Crippen LogP contribution in [-0.2, 0) is 11.3 Å². The summed E-state index contributed by atoms with van der Waals surface area (Å²) in [5.41, 5.74) is 0.608. The fourth-order valence-electron chi connectivity index (χ4n) is 3.32. The van der Waals surface area contributed by atoms with Crippen molar-refractivity contribution in [3.63, 3.8) is 0 Å². The zero-order valence-corrected chi connectivity index (χ0v) is 16.7. The van der Waals surface area contributed by atoms with Gasteiger partial charge in [0.1, 0.15) is 5.75 Å². The van der Waals surface area contributed by atoms with Gasteiger partial charge in [-0.1, -0.05) is 5.16 Å². The molecule has 28 heavy (non-hydrogen) atoms. The minimum atomic E-state index is -0.0796. The number of hydrogen-bond acceptors (Lipinski definition) is 7. The fraction of sp³-hybridized carbons (Fsp3) is 0.550. The van der Waals surface area contributed by atoms with Gasteiger partial charge in [0.05, 0.1) is 12.2 Å². The average Bonchev–Trinajstić information content (AvgIpc) is 3.08. The SMILES string of the molecule is Cc1nc(COc2ccc(C(=O)NCCCN3CC(C)OC(C)C3)cc2)no1. The van der Waals surface area contributed by atoms with Crippen LogP contribution in [0.4, 0.5) is 0 Å². The Balaban J connectivity index is 1.37. The number of carbonyl (C=O) groups excluding carboxylic acids is 1. The van der Waals surface area contributed by atoms with Gasteiger partial charge in [-0.25, -0.2) is 0 Å². The smallest absolute Gasteiger partial charge is 0.251 e. The number of ether oxygens (including phenoxy) is 2. The third kappa shape index (κ3) is 6.03. The van der Waals surface area contributed by atoms with Gasteiger partial charge in [0.15, 0.2) is 6.61 Å². The molecule has 8 heteroatoms. The van der Waals surface area contributed by atoms with E-state index in [1.54, 1.807) is 31.2 Å². The largest absolute Gasteiger partial charge is 0.485 e. The van der Waals surface area contributed by atoms with E-state index in [-0.39, 0.29) is 24.7 Å². The molecule has 0 bridgehead atoms. The van der Waals surface area contributed by atoms with Gasteiger partial charge < -0.3 is 19.3 Å². The average molecular weight is 388 g/mol. The lowest BCUT2D eigenvalue weighted by Gasteiger charge is -2.35. The van der Waals surface area contributed by atoms with Crippen LogP contribution in [0.5, 0.6) is 5.75 Å². The first-order valence-electron chi connectivity index (χ1n) is 9.67. The van der Waals surface area contributed by atoms with E-state index >= 15 is 0 Å². The molecule has 1 aromatic carbocycles. The predicted molar refractivity (Wildman–Crippen MR) is 103 cm³/mol. The zero-order valence-electron chi connectivity index (χ0n) is 16.7. The zero-order chi connectivity index (χ0) is 19.9. The summed E-state index contributed by atoms with van der Waals surface area (Å²) in [4.78, 5) is 18.7. The second-order valence-electron chi connectivity index (χ2n) is 7.17. The number of carbonyl (C=O) groups is 1. The van der Waals surface area contributed by atoms with E-state index in [1.807, 2.05) is 0 Å². The Morgan fingerprint density at radius 2 is 1.96 bits per heavy atom. The summed E-state index contributed by atoms with van der Waals surface area (Å²) < 4.78 is 16.2. The number of aromatic nitrogens is 2. The Hall–Kier alpha value is -2.45. The van der Waals surface area contributed by atoms with E-state index in [9.17, 15) is 4.79 Å². The van der Waals surface area contributed by atoms with Crippen LogP contribution in [0.2, 0.25) is 0 Å². The van der Waals surface area contributed by atoms with Gasteiger partial charge in [-0.15, -0.1) is 0 Å². The Morgan fingerprint density at radius 3 is 2.61 bits per heavy atom. The van der Waals surface area contributed by atoms with Gasteiger partial charge in [0, 0.05) is 38.7 Å². The summed E-state index contributed by atoms with van der Waals surface area (Å²) in [5, 5.41) is 6.75. The van der Waals surface area contributed by atoms with Crippen molar-refractivity contribution in [1.29, 1.82) is 0 Å². The topological polar surface area (TPSA) is 89.7 Å². The summed E-state index contributed by atoms with van der Waals surface area (Å²) in [7, 11) is 0. The maximum Gasteiger partial charge on any atom is 0.251 e. The third-order valence-corrected chi connectivity index (χ3v) is 4.49. The Kier molecular flexibility index (Phi) is 7.00. The maximum absolute atomic E-state index is 12.3. The normalized spacial score (nSPS) is 20.1. The lowest BCUT2D eigenvalue weighted by atomic mass is 10.2. The first-order valence-corrected chi connectivity index (χ1v) is 9.67. The lowest BCUT2D eigenvalue weighted by Crippen LogP contribution is -2.46. The van der Waals surface area contributed by atoms with Gasteiger partial charge in [-0.05, 0) is 44.5 Å². The van der Waals surface area contributed by atoms with E-state index in [4.69, 9.17) is 14.0 Å². The highest BCUT2D eigenvalue weighted by Crippen LogP contribution is 2.14. The van der Waals surface area contributed by atoms with Crippen LogP contribution in [0, 0.1) is 6.92 Å². The molecule has 2 unspecified atom stereocenters. The molecule has 2 atom stereocenters. The molecule has 1 amide bonds. The van der Waals surface area contributed by atoms with E-state index in [1.165, 1.54) is 0 Å². The van der Waals surface area contributed by atoms with Crippen molar-refractivity contribution in [3.05, 3.63) is 41.5 Å². The van der Waals surface area contributed by atoms with Crippen molar-refractivity contribution in [1.82, 2.24) is 20.4 Å². The molecular formula is C20H28N4O4. The van der Waals surface area contributed by atoms with Crippen LogP contribution < -0.4 is 10.1 Å². The quantitative estimate of drug-likeness (QED) is 0.693. The summed E-state index contributed by atoms with van der Waals surface area (Å²) in [6.45, 7) is 9.65. The van der Waals surface area contributed by atoms with Crippen molar-refractivity contribution in [2.24, 2.45) is 0 Å². The van der Waals surface area contributed by atoms with E-state index in [0.717, 1.165) is 26.1 Å². The molecule has 2 heterocycles. The Labute approximate surface area is 165 Å². The molecular weight excluding hydrogens is 360 g/mol. The fourth-order valence-corrected chi connectivity index (χ4v) is 3.32. The third-order valence-electron chi connectivity index (χ3n) is 4.49. The van der Waals surface area contributed by atoms with Crippen molar-refractivity contribution in [2.75, 3.05) is 26.2 Å². The molecule has 3 rings (SSSR count). The second-order valence-corrected chi connectivity index (χ2v) is 7.17. The van der Waals surface area contributed by atoms with Crippen LogP contribution in [0.1, 0.15) is 42.3 Å². The summed E-state index contributed by atoms with van der Waals surface area (Å²) in [6, 6.07) is 7.02. The first-order chi connectivity index (χ1) is 13.5. The van der Waals surface area contributed by atoms with Crippen molar-refractivity contribution in [3.8, 4) is 5.75 Å². The van der Waals surface area contributed by atoms with Gasteiger partial charge >= 0.3 is 0 Å². The molecule has 152 valence electrons. The Bertz CT molecular complexity index is 752. The van der Waals surface area contributed by atoms with Gasteiger partial charge in [0.25, 0.3) is 5.91 Å². The number of aryl methyl sites for hydroxylation is 1. The van der Waals surface area contributed by atoms with Crippen molar-refractivity contribution < 1.29 is 18.8 Å². The second kappa shape index (κ2) is 9.66. The van der Waals surface area contributed by atoms with Gasteiger partial charge in [-0.3, -0.25) is 9.69 Å². The molecule has 8 nitrogen and oxygen atoms in total. The number of morpholine rings is 1. The van der Waals surface area contributed by atoms with Crippen LogP contribution >= 0.6 is 0 Å². The number of nitrogens with zero attached hydrogens (tertiary/aromatic N) is 3. The number of benzene rings is 1. The van der Waals surface area contributed by atoms with E-state index in [0.29, 0.717) is 29.6 Å². The van der Waals surface area contributed by atoms with Gasteiger partial charge in [-0.2, -0.15) is 4.98 Å². The molecule has 1 fully saturated rings. The lowest BCUT2D eigenvalue weighted by molar-refractivity contribution is -0.0679. The number of rotatable bonds is 8. The van der Waals surface area contributed by atoms with E-state index in [2.05, 4.69) is 34.2 Å². The highest BCUT2D eigenvalue weighted by Gasteiger charge is 2.21. The standard InChI is InChI=1S/C20H28N4O4/c1-14-11-24(12-15(2)27-14)10-4-9-21-20(25)17-5-7-18(8-6-17)26-13-19-22-16(3)28-23-19/h5-8,14-15H,4,9-13H2,1-3H3,(H,21,25). The highest BCUT2D eigenvalue weighted by molar-refractivity contribution is 5.94. The molecule has 1 saturated heterocycles. The minimum Gasteiger partial charge on any atom is -0.485 e. The first kappa shape index (κ1) is 20.3. The van der Waals surface area contributed by atoms with Crippen LogP contribution in [0.15, 0.2) is 28.8 Å². The summed E-state index contributed by atoms with van der Waals surface area (Å²) >= 11 is 0. The van der Waals surface area contributed by atoms with Crippen LogP contribution in [0.25, 0.3) is 0 Å². The summed E-state index contributed by atoms with van der Waals surface area (Å²) in [5.74, 6) is 1.56. The molecule has 0 radical (unpaired) electrons. The monoisotopic (exact) mass is 388 g/mol. The number of hydrogen-bond donors (Lipinski definition) is 1. The number of amides is 1. The molecule has 0 spiro atoms.